The van der Waals surface area contributed by atoms with Gasteiger partial charge in [-0.25, -0.2) is 4.98 Å². The zero-order valence-corrected chi connectivity index (χ0v) is 14.6. The number of pyridine rings is 1. The lowest BCUT2D eigenvalue weighted by molar-refractivity contribution is -0.688. The Bertz CT molecular complexity index is 1160. The van der Waals surface area contributed by atoms with Gasteiger partial charge in [0.15, 0.2) is 18.2 Å². The van der Waals surface area contributed by atoms with Crippen LogP contribution in [0.2, 0.25) is 0 Å². The van der Waals surface area contributed by atoms with E-state index < -0.39 is 0 Å². The van der Waals surface area contributed by atoms with Gasteiger partial charge in [-0.2, -0.15) is 4.57 Å². The quantitative estimate of drug-likeness (QED) is 0.565. The number of nitrogens with zero attached hydrogens (tertiary/aromatic N) is 2. The molecule has 0 saturated heterocycles. The first kappa shape index (κ1) is 14.8. The van der Waals surface area contributed by atoms with Crippen molar-refractivity contribution in [3.8, 4) is 0 Å². The highest BCUT2D eigenvalue weighted by Crippen LogP contribution is 2.33. The minimum atomic E-state index is 0.0146. The van der Waals surface area contributed by atoms with E-state index >= 15 is 0 Å². The van der Waals surface area contributed by atoms with Crippen LogP contribution in [0.1, 0.15) is 29.1 Å². The van der Waals surface area contributed by atoms with Crippen molar-refractivity contribution in [2.75, 3.05) is 0 Å². The lowest BCUT2D eigenvalue weighted by atomic mass is 9.97. The van der Waals surface area contributed by atoms with Crippen molar-refractivity contribution in [1.82, 2.24) is 9.97 Å². The van der Waals surface area contributed by atoms with Crippen molar-refractivity contribution in [3.05, 3.63) is 69.3 Å². The highest BCUT2D eigenvalue weighted by molar-refractivity contribution is 7.18. The summed E-state index contributed by atoms with van der Waals surface area (Å²) in [5.74, 6) is 0.719. The molecule has 0 radical (unpaired) electrons. The van der Waals surface area contributed by atoms with Gasteiger partial charge in [0.05, 0.1) is 5.39 Å². The van der Waals surface area contributed by atoms with Gasteiger partial charge in [-0.1, -0.05) is 18.2 Å². The summed E-state index contributed by atoms with van der Waals surface area (Å²) in [5, 5.41) is 3.22. The number of nitrogens with one attached hydrogen (secondary N) is 1. The number of thiophene rings is 1. The van der Waals surface area contributed by atoms with Crippen LogP contribution < -0.4 is 10.1 Å². The van der Waals surface area contributed by atoms with E-state index in [9.17, 15) is 4.79 Å². The molecular weight excluding hydrogens is 330 g/mol. The zero-order chi connectivity index (χ0) is 16.8. The summed E-state index contributed by atoms with van der Waals surface area (Å²) in [7, 11) is 0. The summed E-state index contributed by atoms with van der Waals surface area (Å²) in [5.41, 5.74) is 1.26. The molecule has 3 heterocycles. The van der Waals surface area contributed by atoms with Gasteiger partial charge in [0.25, 0.3) is 5.56 Å². The number of benzene rings is 1. The molecule has 5 rings (SSSR count). The Hall–Kier alpha value is -2.53. The smallest absolute Gasteiger partial charge is 0.260 e. The molecule has 1 aliphatic carbocycles. The molecule has 0 aliphatic heterocycles. The number of aryl methyl sites for hydroxylation is 2. The fourth-order valence-corrected chi connectivity index (χ4v) is 5.01. The Balaban J connectivity index is 1.57. The van der Waals surface area contributed by atoms with E-state index in [0.29, 0.717) is 6.54 Å². The van der Waals surface area contributed by atoms with Gasteiger partial charge in [-0.3, -0.25) is 4.79 Å². The SMILES string of the molecule is O=c1[nH]c(C[n+]2ccc3ccccc3c2)nc2sc3c(c12)CCCC3. The number of hydrogen-bond donors (Lipinski definition) is 1. The number of H-pyrrole nitrogens is 1. The number of aromatic amines is 1. The predicted octanol–water partition coefficient (Wildman–Crippen LogP) is 3.35. The molecule has 3 aromatic heterocycles. The first-order valence-electron chi connectivity index (χ1n) is 8.69. The largest absolute Gasteiger partial charge is 0.305 e. The second-order valence-electron chi connectivity index (χ2n) is 6.65. The molecular formula is C20H18N3OS+. The Morgan fingerprint density at radius 2 is 1.96 bits per heavy atom. The maximum atomic E-state index is 12.6. The standard InChI is InChI=1S/C20H17N3OS/c24-19-18-15-7-3-4-8-16(15)25-20(18)22-17(21-19)12-23-10-9-13-5-1-2-6-14(13)11-23/h1-2,5-6,9-11H,3-4,7-8,12H2/p+1. The summed E-state index contributed by atoms with van der Waals surface area (Å²) in [6.45, 7) is 0.568. The third-order valence-electron chi connectivity index (χ3n) is 4.95. The molecule has 5 heteroatoms. The van der Waals surface area contributed by atoms with E-state index in [1.165, 1.54) is 34.1 Å². The number of fused-ring (bicyclic) bond motifs is 4. The summed E-state index contributed by atoms with van der Waals surface area (Å²) in [6.07, 6.45) is 8.62. The molecule has 0 fully saturated rings. The number of aromatic nitrogens is 3. The molecule has 0 atom stereocenters. The lowest BCUT2D eigenvalue weighted by Gasteiger charge is -2.09. The van der Waals surface area contributed by atoms with E-state index in [-0.39, 0.29) is 5.56 Å². The van der Waals surface area contributed by atoms with Crippen LogP contribution in [0.4, 0.5) is 0 Å². The van der Waals surface area contributed by atoms with Crippen molar-refractivity contribution in [2.24, 2.45) is 0 Å². The molecule has 0 saturated carbocycles. The third kappa shape index (κ3) is 2.55. The molecule has 4 aromatic rings. The molecule has 0 amide bonds. The second-order valence-corrected chi connectivity index (χ2v) is 7.73. The maximum absolute atomic E-state index is 12.6. The van der Waals surface area contributed by atoms with Crippen molar-refractivity contribution < 1.29 is 4.57 Å². The molecule has 0 spiro atoms. The van der Waals surface area contributed by atoms with E-state index in [0.717, 1.165) is 28.9 Å². The van der Waals surface area contributed by atoms with Crippen molar-refractivity contribution in [1.29, 1.82) is 0 Å². The summed E-state index contributed by atoms with van der Waals surface area (Å²) in [4.78, 5) is 22.6. The Morgan fingerprint density at radius 3 is 2.88 bits per heavy atom. The Labute approximate surface area is 148 Å². The zero-order valence-electron chi connectivity index (χ0n) is 13.8. The predicted molar refractivity (Wildman–Crippen MR) is 100 cm³/mol. The van der Waals surface area contributed by atoms with Crippen LogP contribution in [0.5, 0.6) is 0 Å². The highest BCUT2D eigenvalue weighted by Gasteiger charge is 2.20. The van der Waals surface area contributed by atoms with E-state index in [2.05, 4.69) is 33.9 Å². The summed E-state index contributed by atoms with van der Waals surface area (Å²) in [6, 6.07) is 10.4. The molecule has 1 aliphatic rings. The van der Waals surface area contributed by atoms with Gasteiger partial charge in [0, 0.05) is 16.3 Å². The van der Waals surface area contributed by atoms with Crippen LogP contribution in [0, 0.1) is 0 Å². The van der Waals surface area contributed by atoms with Gasteiger partial charge in [0.1, 0.15) is 4.83 Å². The normalized spacial score (nSPS) is 14.1. The fraction of sp³-hybridized carbons (Fsp3) is 0.250. The van der Waals surface area contributed by atoms with Crippen molar-refractivity contribution >= 4 is 32.3 Å². The minimum absolute atomic E-state index is 0.0146. The third-order valence-corrected chi connectivity index (χ3v) is 6.14. The van der Waals surface area contributed by atoms with Gasteiger partial charge >= 0.3 is 0 Å². The number of rotatable bonds is 2. The average Bonchev–Trinajstić information content (AvgIpc) is 3.00. The van der Waals surface area contributed by atoms with E-state index in [1.807, 2.05) is 18.3 Å². The van der Waals surface area contributed by atoms with Crippen LogP contribution in [-0.2, 0) is 19.4 Å². The summed E-state index contributed by atoms with van der Waals surface area (Å²) >= 11 is 1.70. The van der Waals surface area contributed by atoms with E-state index in [4.69, 9.17) is 4.98 Å². The van der Waals surface area contributed by atoms with E-state index in [1.54, 1.807) is 11.3 Å². The van der Waals surface area contributed by atoms with Crippen molar-refractivity contribution in [3.63, 3.8) is 0 Å². The minimum Gasteiger partial charge on any atom is -0.305 e. The maximum Gasteiger partial charge on any atom is 0.260 e. The molecule has 0 bridgehead atoms. The molecule has 1 N–H and O–H groups in total. The van der Waals surface area contributed by atoms with Gasteiger partial charge in [-0.15, -0.1) is 11.3 Å². The van der Waals surface area contributed by atoms with Crippen LogP contribution >= 0.6 is 11.3 Å². The fourth-order valence-electron chi connectivity index (χ4n) is 3.73. The first-order valence-corrected chi connectivity index (χ1v) is 9.51. The van der Waals surface area contributed by atoms with Crippen molar-refractivity contribution in [2.45, 2.75) is 32.2 Å². The van der Waals surface area contributed by atoms with Crippen LogP contribution in [0.3, 0.4) is 0 Å². The molecule has 4 nitrogen and oxygen atoms in total. The van der Waals surface area contributed by atoms with Gasteiger partial charge in [-0.05, 0) is 42.7 Å². The first-order chi connectivity index (χ1) is 12.3. The topological polar surface area (TPSA) is 49.6 Å². The molecule has 25 heavy (non-hydrogen) atoms. The number of hydrogen-bond acceptors (Lipinski definition) is 3. The highest BCUT2D eigenvalue weighted by atomic mass is 32.1. The average molecular weight is 348 g/mol. The Morgan fingerprint density at radius 1 is 1.12 bits per heavy atom. The van der Waals surface area contributed by atoms with Gasteiger partial charge in [0.2, 0.25) is 6.54 Å². The monoisotopic (exact) mass is 348 g/mol. The lowest BCUT2D eigenvalue weighted by Crippen LogP contribution is -2.35. The molecule has 124 valence electrons. The van der Waals surface area contributed by atoms with Crippen LogP contribution in [0.25, 0.3) is 21.0 Å². The van der Waals surface area contributed by atoms with Gasteiger partial charge < -0.3 is 4.98 Å². The second kappa shape index (κ2) is 5.77. The van der Waals surface area contributed by atoms with Crippen LogP contribution in [-0.4, -0.2) is 9.97 Å². The summed E-state index contributed by atoms with van der Waals surface area (Å²) < 4.78 is 2.07. The molecule has 0 unspecified atom stereocenters. The van der Waals surface area contributed by atoms with Crippen LogP contribution in [0.15, 0.2) is 47.5 Å². The molecule has 1 aromatic carbocycles. The Kier molecular flexibility index (Phi) is 3.41.